The lowest BCUT2D eigenvalue weighted by molar-refractivity contribution is 0.00900. The number of ether oxygens (including phenoxy) is 3. The van der Waals surface area contributed by atoms with Gasteiger partial charge in [0.1, 0.15) is 12.2 Å². The van der Waals surface area contributed by atoms with Crippen molar-refractivity contribution in [3.8, 4) is 0 Å². The topological polar surface area (TPSA) is 82.8 Å². The Morgan fingerprint density at radius 3 is 2.78 bits per heavy atom. The highest BCUT2D eigenvalue weighted by atomic mass is 16.6. The maximum Gasteiger partial charge on any atom is 0.412 e. The van der Waals surface area contributed by atoms with Gasteiger partial charge in [-0.15, -0.1) is 0 Å². The number of anilines is 1. The van der Waals surface area contributed by atoms with Crippen LogP contribution in [-0.4, -0.2) is 43.7 Å². The van der Waals surface area contributed by atoms with Gasteiger partial charge in [0.15, 0.2) is 6.10 Å². The first-order valence-corrected chi connectivity index (χ1v) is 7.66. The second-order valence-corrected chi connectivity index (χ2v) is 5.86. The molecule has 0 aromatic heterocycles. The minimum absolute atomic E-state index is 0.158. The molecule has 6 heteroatoms. The predicted octanol–water partition coefficient (Wildman–Crippen LogP) is 1.88. The van der Waals surface area contributed by atoms with Crippen LogP contribution in [0.4, 0.5) is 10.5 Å². The molecular weight excluding hydrogens is 296 g/mol. The molecule has 4 rings (SSSR count). The summed E-state index contributed by atoms with van der Waals surface area (Å²) in [5.74, 6) is 0. The number of fused-ring (bicyclic) bond motifs is 2. The van der Waals surface area contributed by atoms with E-state index in [-0.39, 0.29) is 18.2 Å². The quantitative estimate of drug-likeness (QED) is 0.884. The molecule has 0 aliphatic carbocycles. The van der Waals surface area contributed by atoms with Crippen LogP contribution >= 0.6 is 0 Å². The smallest absolute Gasteiger partial charge is 0.412 e. The van der Waals surface area contributed by atoms with Gasteiger partial charge in [-0.2, -0.15) is 0 Å². The van der Waals surface area contributed by atoms with Crippen LogP contribution in [0.5, 0.6) is 0 Å². The van der Waals surface area contributed by atoms with Crippen LogP contribution in [0.2, 0.25) is 0 Å². The second-order valence-electron chi connectivity index (χ2n) is 5.86. The SMILES string of the molecule is N[C@H]1CO[C@H]2[C@H]1OC[C@@H]2OC(=O)Nc1cccc2ccccc12. The third-order valence-corrected chi connectivity index (χ3v) is 4.33. The molecule has 0 spiro atoms. The Morgan fingerprint density at radius 1 is 1.09 bits per heavy atom. The third kappa shape index (κ3) is 2.65. The Morgan fingerprint density at radius 2 is 1.87 bits per heavy atom. The Kier molecular flexibility index (Phi) is 3.65. The molecule has 0 saturated carbocycles. The Bertz CT molecular complexity index is 730. The normalized spacial score (nSPS) is 29.4. The van der Waals surface area contributed by atoms with E-state index < -0.39 is 12.2 Å². The molecule has 2 aromatic rings. The zero-order chi connectivity index (χ0) is 15.8. The van der Waals surface area contributed by atoms with Crippen LogP contribution in [0.1, 0.15) is 0 Å². The fourth-order valence-corrected chi connectivity index (χ4v) is 3.21. The fraction of sp³-hybridized carbons (Fsp3) is 0.353. The number of hydrogen-bond donors (Lipinski definition) is 2. The summed E-state index contributed by atoms with van der Waals surface area (Å²) in [7, 11) is 0. The lowest BCUT2D eigenvalue weighted by atomic mass is 10.1. The largest absolute Gasteiger partial charge is 0.441 e. The average Bonchev–Trinajstić information content (AvgIpc) is 3.12. The van der Waals surface area contributed by atoms with Gasteiger partial charge in [-0.05, 0) is 11.5 Å². The van der Waals surface area contributed by atoms with Gasteiger partial charge in [0.05, 0.1) is 24.9 Å². The summed E-state index contributed by atoms with van der Waals surface area (Å²) < 4.78 is 16.6. The minimum Gasteiger partial charge on any atom is -0.441 e. The molecule has 4 atom stereocenters. The summed E-state index contributed by atoms with van der Waals surface area (Å²) in [6.07, 6.45) is -1.41. The van der Waals surface area contributed by atoms with E-state index in [2.05, 4.69) is 5.32 Å². The number of amides is 1. The summed E-state index contributed by atoms with van der Waals surface area (Å²) >= 11 is 0. The van der Waals surface area contributed by atoms with E-state index in [9.17, 15) is 4.79 Å². The molecule has 2 saturated heterocycles. The fourth-order valence-electron chi connectivity index (χ4n) is 3.21. The van der Waals surface area contributed by atoms with E-state index in [0.29, 0.717) is 18.9 Å². The minimum atomic E-state index is -0.514. The molecule has 23 heavy (non-hydrogen) atoms. The summed E-state index contributed by atoms with van der Waals surface area (Å²) in [5.41, 5.74) is 6.61. The van der Waals surface area contributed by atoms with Crippen molar-refractivity contribution in [2.75, 3.05) is 18.5 Å². The van der Waals surface area contributed by atoms with Crippen molar-refractivity contribution in [3.63, 3.8) is 0 Å². The predicted molar refractivity (Wildman–Crippen MR) is 85.3 cm³/mol. The number of carbonyl (C=O) groups is 1. The van der Waals surface area contributed by atoms with Crippen molar-refractivity contribution < 1.29 is 19.0 Å². The number of nitrogens with two attached hydrogens (primary N) is 1. The van der Waals surface area contributed by atoms with Crippen molar-refractivity contribution in [1.29, 1.82) is 0 Å². The molecular formula is C17H18N2O4. The van der Waals surface area contributed by atoms with Crippen LogP contribution in [-0.2, 0) is 14.2 Å². The zero-order valence-corrected chi connectivity index (χ0v) is 12.5. The molecule has 0 bridgehead atoms. The number of hydrogen-bond acceptors (Lipinski definition) is 5. The van der Waals surface area contributed by atoms with Gasteiger partial charge in [0.25, 0.3) is 0 Å². The molecule has 6 nitrogen and oxygen atoms in total. The van der Waals surface area contributed by atoms with Gasteiger partial charge in [0.2, 0.25) is 0 Å². The number of carbonyl (C=O) groups excluding carboxylic acids is 1. The first-order valence-electron chi connectivity index (χ1n) is 7.66. The lowest BCUT2D eigenvalue weighted by Crippen LogP contribution is -2.38. The highest BCUT2D eigenvalue weighted by molar-refractivity contribution is 6.00. The van der Waals surface area contributed by atoms with Gasteiger partial charge < -0.3 is 19.9 Å². The van der Waals surface area contributed by atoms with E-state index in [4.69, 9.17) is 19.9 Å². The summed E-state index contributed by atoms with van der Waals surface area (Å²) in [6, 6.07) is 13.4. The first kappa shape index (κ1) is 14.4. The molecule has 0 radical (unpaired) electrons. The Balaban J connectivity index is 1.46. The molecule has 2 aromatic carbocycles. The first-order chi connectivity index (χ1) is 11.2. The highest BCUT2D eigenvalue weighted by Gasteiger charge is 2.48. The second kappa shape index (κ2) is 5.81. The van der Waals surface area contributed by atoms with Gasteiger partial charge in [-0.1, -0.05) is 36.4 Å². The van der Waals surface area contributed by atoms with E-state index in [1.54, 1.807) is 0 Å². The van der Waals surface area contributed by atoms with Crippen molar-refractivity contribution in [2.45, 2.75) is 24.4 Å². The Labute approximate surface area is 133 Å². The van der Waals surface area contributed by atoms with Gasteiger partial charge >= 0.3 is 6.09 Å². The van der Waals surface area contributed by atoms with Crippen molar-refractivity contribution in [3.05, 3.63) is 42.5 Å². The molecule has 1 amide bonds. The molecule has 2 aliphatic rings. The monoisotopic (exact) mass is 314 g/mol. The number of rotatable bonds is 2. The van der Waals surface area contributed by atoms with E-state index >= 15 is 0 Å². The van der Waals surface area contributed by atoms with E-state index in [1.807, 2.05) is 42.5 Å². The molecule has 2 heterocycles. The zero-order valence-electron chi connectivity index (χ0n) is 12.5. The van der Waals surface area contributed by atoms with E-state index in [1.165, 1.54) is 0 Å². The molecule has 3 N–H and O–H groups in total. The molecule has 2 fully saturated rings. The van der Waals surface area contributed by atoms with Crippen LogP contribution < -0.4 is 11.1 Å². The maximum atomic E-state index is 12.2. The van der Waals surface area contributed by atoms with Crippen LogP contribution in [0.25, 0.3) is 10.8 Å². The van der Waals surface area contributed by atoms with Crippen molar-refractivity contribution in [2.24, 2.45) is 5.73 Å². The standard InChI is InChI=1S/C17H18N2O4/c18-12-8-21-16-14(9-22-15(12)16)23-17(20)19-13-7-3-5-10-4-1-2-6-11(10)13/h1-7,12,14-16H,8-9,18H2,(H,19,20)/t12-,14-,15-,16+/m0/s1. The van der Waals surface area contributed by atoms with Crippen LogP contribution in [0, 0.1) is 0 Å². The lowest BCUT2D eigenvalue weighted by Gasteiger charge is -2.17. The van der Waals surface area contributed by atoms with Gasteiger partial charge in [0, 0.05) is 5.39 Å². The van der Waals surface area contributed by atoms with Crippen molar-refractivity contribution in [1.82, 2.24) is 0 Å². The highest BCUT2D eigenvalue weighted by Crippen LogP contribution is 2.28. The Hall–Kier alpha value is -2.15. The maximum absolute atomic E-state index is 12.2. The average molecular weight is 314 g/mol. The van der Waals surface area contributed by atoms with Crippen LogP contribution in [0.3, 0.4) is 0 Å². The number of nitrogens with one attached hydrogen (secondary N) is 1. The van der Waals surface area contributed by atoms with Crippen molar-refractivity contribution >= 4 is 22.6 Å². The number of benzene rings is 2. The summed E-state index contributed by atoms with van der Waals surface area (Å²) in [5, 5.41) is 4.82. The van der Waals surface area contributed by atoms with E-state index in [0.717, 1.165) is 10.8 Å². The molecule has 0 unspecified atom stereocenters. The molecule has 2 aliphatic heterocycles. The van der Waals surface area contributed by atoms with Gasteiger partial charge in [-0.25, -0.2) is 4.79 Å². The summed E-state index contributed by atoms with van der Waals surface area (Å²) in [6.45, 7) is 0.742. The summed E-state index contributed by atoms with van der Waals surface area (Å²) in [4.78, 5) is 12.2. The van der Waals surface area contributed by atoms with Gasteiger partial charge in [-0.3, -0.25) is 5.32 Å². The molecule has 120 valence electrons. The van der Waals surface area contributed by atoms with Crippen LogP contribution in [0.15, 0.2) is 42.5 Å². The third-order valence-electron chi connectivity index (χ3n) is 4.33.